The predicted molar refractivity (Wildman–Crippen MR) is 119 cm³/mol. The average molecular weight is 416 g/mol. The maximum absolute atomic E-state index is 12.6. The lowest BCUT2D eigenvalue weighted by molar-refractivity contribution is -0.152. The van der Waals surface area contributed by atoms with Crippen molar-refractivity contribution in [2.75, 3.05) is 19.6 Å². The molecule has 0 spiro atoms. The van der Waals surface area contributed by atoms with E-state index in [1.807, 2.05) is 0 Å². The molecule has 0 saturated heterocycles. The van der Waals surface area contributed by atoms with Gasteiger partial charge in [0.25, 0.3) is 0 Å². The fourth-order valence-corrected chi connectivity index (χ4v) is 4.88. The van der Waals surface area contributed by atoms with Crippen LogP contribution in [0.15, 0.2) is 28.8 Å². The van der Waals surface area contributed by atoms with E-state index >= 15 is 0 Å². The minimum Gasteiger partial charge on any atom is -0.453 e. The Balaban J connectivity index is 1.43. The van der Waals surface area contributed by atoms with Crippen molar-refractivity contribution in [3.63, 3.8) is 0 Å². The highest BCUT2D eigenvalue weighted by molar-refractivity contribution is 5.83. The Labute approximate surface area is 180 Å². The Kier molecular flexibility index (Phi) is 7.04. The van der Waals surface area contributed by atoms with Crippen LogP contribution in [0.1, 0.15) is 66.2 Å². The van der Waals surface area contributed by atoms with Gasteiger partial charge in [-0.15, -0.1) is 0 Å². The zero-order chi connectivity index (χ0) is 21.8. The van der Waals surface area contributed by atoms with E-state index in [1.165, 1.54) is 5.57 Å². The number of rotatable bonds is 10. The fourth-order valence-electron chi connectivity index (χ4n) is 4.88. The summed E-state index contributed by atoms with van der Waals surface area (Å²) in [6.07, 6.45) is 10.3. The smallest absolute Gasteiger partial charge is 0.307 e. The van der Waals surface area contributed by atoms with Gasteiger partial charge in [0.05, 0.1) is 12.3 Å². The van der Waals surface area contributed by atoms with Crippen LogP contribution < -0.4 is 10.6 Å². The molecule has 2 N–H and O–H groups in total. The second kappa shape index (κ2) is 9.36. The largest absolute Gasteiger partial charge is 0.453 e. The van der Waals surface area contributed by atoms with E-state index in [9.17, 15) is 9.59 Å². The van der Waals surface area contributed by atoms with Crippen LogP contribution in [0.2, 0.25) is 0 Å². The van der Waals surface area contributed by atoms with Crippen molar-refractivity contribution in [1.29, 1.82) is 0 Å². The molecule has 2 atom stereocenters. The molecule has 0 aromatic heterocycles. The van der Waals surface area contributed by atoms with Crippen LogP contribution in [-0.4, -0.2) is 42.9 Å². The summed E-state index contributed by atoms with van der Waals surface area (Å²) in [7, 11) is 0. The maximum Gasteiger partial charge on any atom is 0.307 e. The van der Waals surface area contributed by atoms with Gasteiger partial charge in [-0.2, -0.15) is 0 Å². The number of carbonyl (C=O) groups excluding carboxylic acids is 2. The summed E-state index contributed by atoms with van der Waals surface area (Å²) in [5.74, 6) is 1.35. The molecule has 30 heavy (non-hydrogen) atoms. The average Bonchev–Trinajstić information content (AvgIpc) is 3.40. The van der Waals surface area contributed by atoms with E-state index in [-0.39, 0.29) is 30.1 Å². The molecule has 166 valence electrons. The molecule has 3 rings (SSSR count). The van der Waals surface area contributed by atoms with Crippen LogP contribution in [0.25, 0.3) is 0 Å². The van der Waals surface area contributed by atoms with Gasteiger partial charge in [0.2, 0.25) is 5.91 Å². The zero-order valence-corrected chi connectivity index (χ0v) is 18.9. The molecule has 0 bridgehead atoms. The highest BCUT2D eigenvalue weighted by Gasteiger charge is 2.73. The highest BCUT2D eigenvalue weighted by atomic mass is 16.6. The zero-order valence-electron chi connectivity index (χ0n) is 18.9. The highest BCUT2D eigenvalue weighted by Crippen LogP contribution is 2.70. The molecular weight excluding hydrogens is 378 g/mol. The Hall–Kier alpha value is -2.11. The van der Waals surface area contributed by atoms with E-state index in [0.717, 1.165) is 44.6 Å². The van der Waals surface area contributed by atoms with Crippen LogP contribution in [0.5, 0.6) is 0 Å². The van der Waals surface area contributed by atoms with Crippen molar-refractivity contribution in [2.45, 2.75) is 71.8 Å². The van der Waals surface area contributed by atoms with Crippen molar-refractivity contribution in [1.82, 2.24) is 10.6 Å². The van der Waals surface area contributed by atoms with Gasteiger partial charge in [-0.1, -0.05) is 45.9 Å². The molecule has 6 nitrogen and oxygen atoms in total. The summed E-state index contributed by atoms with van der Waals surface area (Å²) in [5.41, 5.74) is 0.566. The first kappa shape index (κ1) is 22.6. The van der Waals surface area contributed by atoms with Gasteiger partial charge in [0.15, 0.2) is 0 Å². The topological polar surface area (TPSA) is 79.8 Å². The van der Waals surface area contributed by atoms with E-state index < -0.39 is 5.60 Å². The summed E-state index contributed by atoms with van der Waals surface area (Å²) >= 11 is 0. The monoisotopic (exact) mass is 415 g/mol. The molecule has 6 heteroatoms. The number of aliphatic imine (C=N–C) groups is 1. The lowest BCUT2D eigenvalue weighted by Crippen LogP contribution is -2.35. The first-order valence-electron chi connectivity index (χ1n) is 11.5. The van der Waals surface area contributed by atoms with E-state index in [4.69, 9.17) is 4.74 Å². The number of ether oxygens (including phenoxy) is 1. The van der Waals surface area contributed by atoms with Gasteiger partial charge in [-0.3, -0.25) is 14.6 Å². The molecule has 1 amide bonds. The van der Waals surface area contributed by atoms with Crippen molar-refractivity contribution in [2.24, 2.45) is 22.2 Å². The van der Waals surface area contributed by atoms with Gasteiger partial charge >= 0.3 is 5.97 Å². The van der Waals surface area contributed by atoms with E-state index in [0.29, 0.717) is 18.4 Å². The number of amidine groups is 1. The number of hydrogen-bond donors (Lipinski definition) is 2. The number of nitrogens with zero attached hydrogens (tertiary/aromatic N) is 1. The Morgan fingerprint density at radius 2 is 2.07 bits per heavy atom. The lowest BCUT2D eigenvalue weighted by Gasteiger charge is -2.32. The van der Waals surface area contributed by atoms with Crippen molar-refractivity contribution in [3.8, 4) is 0 Å². The number of carbonyl (C=O) groups is 2. The third-order valence-corrected chi connectivity index (χ3v) is 6.68. The second-order valence-electron chi connectivity index (χ2n) is 9.37. The molecule has 2 unspecified atom stereocenters. The first-order valence-corrected chi connectivity index (χ1v) is 11.5. The second-order valence-corrected chi connectivity index (χ2v) is 9.37. The maximum atomic E-state index is 12.6. The molecule has 2 aliphatic carbocycles. The predicted octanol–water partition coefficient (Wildman–Crippen LogP) is 3.54. The lowest BCUT2D eigenvalue weighted by atomic mass is 9.79. The van der Waals surface area contributed by atoms with Gasteiger partial charge in [0, 0.05) is 44.3 Å². The molecule has 1 fully saturated rings. The van der Waals surface area contributed by atoms with Crippen LogP contribution in [-0.2, 0) is 14.3 Å². The van der Waals surface area contributed by atoms with Gasteiger partial charge in [-0.25, -0.2) is 0 Å². The molecule has 0 radical (unpaired) electrons. The molecule has 3 aliphatic rings. The number of hydrogen-bond acceptors (Lipinski definition) is 5. The molecule has 0 aromatic carbocycles. The van der Waals surface area contributed by atoms with Crippen molar-refractivity contribution < 1.29 is 14.3 Å². The summed E-state index contributed by atoms with van der Waals surface area (Å²) < 4.78 is 6.08. The minimum atomic E-state index is -0.522. The third kappa shape index (κ3) is 4.62. The Morgan fingerprint density at radius 1 is 1.27 bits per heavy atom. The molecule has 1 heterocycles. The molecule has 0 aromatic rings. The van der Waals surface area contributed by atoms with Gasteiger partial charge in [-0.05, 0) is 30.3 Å². The number of nitrogens with one attached hydrogen (secondary N) is 2. The van der Waals surface area contributed by atoms with E-state index in [2.05, 4.69) is 61.5 Å². The number of amides is 1. The van der Waals surface area contributed by atoms with E-state index in [1.54, 1.807) is 0 Å². The fraction of sp³-hybridized carbons (Fsp3) is 0.708. The Morgan fingerprint density at radius 3 is 2.73 bits per heavy atom. The van der Waals surface area contributed by atoms with Crippen LogP contribution in [0.3, 0.4) is 0 Å². The third-order valence-electron chi connectivity index (χ3n) is 6.68. The number of esters is 1. The normalized spacial score (nSPS) is 27.1. The molecule has 1 saturated carbocycles. The number of allylic oxidation sites excluding steroid dienone is 2. The standard InChI is InChI=1S/C24H37N3O3/c1-17(2)19-8-5-12-23(18(3)4)16-24(19,23)30-22(29)11-10-21(28)27-13-6-9-20-25-14-7-15-26-20/h5,8,12,17-18H,6-7,9-11,13-16H2,1-4H3,(H,25,26)(H,27,28). The first-order chi connectivity index (χ1) is 14.3. The minimum absolute atomic E-state index is 0.0999. The summed E-state index contributed by atoms with van der Waals surface area (Å²) in [4.78, 5) is 29.2. The molecular formula is C24H37N3O3. The number of fused-ring (bicyclic) bond motifs is 1. The van der Waals surface area contributed by atoms with Crippen LogP contribution >= 0.6 is 0 Å². The van der Waals surface area contributed by atoms with Crippen LogP contribution in [0, 0.1) is 17.3 Å². The van der Waals surface area contributed by atoms with Crippen molar-refractivity contribution >= 4 is 17.7 Å². The summed E-state index contributed by atoms with van der Waals surface area (Å²) in [5, 5.41) is 6.18. The summed E-state index contributed by atoms with van der Waals surface area (Å²) in [6.45, 7) is 11.1. The molecule has 1 aliphatic heterocycles. The quantitative estimate of drug-likeness (QED) is 0.422. The van der Waals surface area contributed by atoms with Crippen molar-refractivity contribution in [3.05, 3.63) is 23.8 Å². The SMILES string of the molecule is CC(C)C1=CC=CC2(C(C)C)CC12OC(=O)CCC(=O)NCCCC1=NCCCN1. The van der Waals surface area contributed by atoms with Gasteiger partial charge in [0.1, 0.15) is 5.60 Å². The summed E-state index contributed by atoms with van der Waals surface area (Å²) in [6, 6.07) is 0. The Bertz CT molecular complexity index is 753. The van der Waals surface area contributed by atoms with Gasteiger partial charge < -0.3 is 15.4 Å². The van der Waals surface area contributed by atoms with Crippen LogP contribution in [0.4, 0.5) is 0 Å².